The summed E-state index contributed by atoms with van der Waals surface area (Å²) in [5.41, 5.74) is 4.23. The molecule has 1 amide bonds. The standard InChI is InChI=1S/C22H24N4OS/c27-21-19-17(13-16(24-21)12-14-6-2-1-3-7-14)20(18-10-11-23-26-18)28-22(19)25-15-8-4-5-9-15/h1-3,6-7,10-11,15-16,25H,4-5,8-9,12-13H2,(H,23,26)(H,24,27). The lowest BCUT2D eigenvalue weighted by molar-refractivity contribution is 0.0927. The second kappa shape index (κ2) is 7.43. The van der Waals surface area contributed by atoms with Crippen molar-refractivity contribution in [3.05, 3.63) is 59.3 Å². The van der Waals surface area contributed by atoms with Crippen LogP contribution in [0.1, 0.15) is 47.2 Å². The number of hydrogen-bond donors (Lipinski definition) is 3. The summed E-state index contributed by atoms with van der Waals surface area (Å²) in [6.07, 6.45) is 8.36. The molecule has 28 heavy (non-hydrogen) atoms. The van der Waals surface area contributed by atoms with Gasteiger partial charge in [0.1, 0.15) is 5.00 Å². The molecule has 1 aliphatic carbocycles. The highest BCUT2D eigenvalue weighted by molar-refractivity contribution is 7.20. The van der Waals surface area contributed by atoms with Crippen LogP contribution in [0.15, 0.2) is 42.6 Å². The number of nitrogens with one attached hydrogen (secondary N) is 3. The molecule has 0 bridgehead atoms. The number of anilines is 1. The Kier molecular flexibility index (Phi) is 4.64. The van der Waals surface area contributed by atoms with E-state index in [9.17, 15) is 4.79 Å². The van der Waals surface area contributed by atoms with Crippen LogP contribution in [0.4, 0.5) is 5.00 Å². The fourth-order valence-corrected chi connectivity index (χ4v) is 5.71. The normalized spacial score (nSPS) is 19.4. The van der Waals surface area contributed by atoms with Gasteiger partial charge in [0.15, 0.2) is 0 Å². The summed E-state index contributed by atoms with van der Waals surface area (Å²) in [6.45, 7) is 0. The molecule has 3 heterocycles. The largest absolute Gasteiger partial charge is 0.374 e. The maximum Gasteiger partial charge on any atom is 0.254 e. The predicted octanol–water partition coefficient (Wildman–Crippen LogP) is 4.39. The Morgan fingerprint density at radius 1 is 1.14 bits per heavy atom. The lowest BCUT2D eigenvalue weighted by atomic mass is 9.92. The zero-order valence-electron chi connectivity index (χ0n) is 15.7. The number of benzene rings is 1. The van der Waals surface area contributed by atoms with E-state index >= 15 is 0 Å². The Bertz CT molecular complexity index is 958. The van der Waals surface area contributed by atoms with Crippen molar-refractivity contribution in [2.24, 2.45) is 0 Å². The second-order valence-electron chi connectivity index (χ2n) is 7.77. The van der Waals surface area contributed by atoms with Gasteiger partial charge in [-0.2, -0.15) is 5.10 Å². The van der Waals surface area contributed by atoms with Crippen molar-refractivity contribution in [3.8, 4) is 10.6 Å². The molecule has 1 saturated carbocycles. The first-order chi connectivity index (χ1) is 13.8. The molecule has 3 aromatic rings. The van der Waals surface area contributed by atoms with E-state index in [2.05, 4.69) is 45.1 Å². The van der Waals surface area contributed by atoms with Crippen LogP contribution >= 0.6 is 11.3 Å². The van der Waals surface area contributed by atoms with Crippen LogP contribution in [0.3, 0.4) is 0 Å². The number of fused-ring (bicyclic) bond motifs is 1. The molecule has 1 fully saturated rings. The summed E-state index contributed by atoms with van der Waals surface area (Å²) >= 11 is 1.69. The third-order valence-electron chi connectivity index (χ3n) is 5.78. The van der Waals surface area contributed by atoms with Gasteiger partial charge < -0.3 is 10.6 Å². The molecule has 0 radical (unpaired) electrons. The molecule has 144 valence electrons. The van der Waals surface area contributed by atoms with Crippen LogP contribution in [-0.2, 0) is 12.8 Å². The van der Waals surface area contributed by atoms with Gasteiger partial charge in [-0.25, -0.2) is 0 Å². The number of nitrogens with zero attached hydrogens (tertiary/aromatic N) is 1. The van der Waals surface area contributed by atoms with Gasteiger partial charge in [-0.3, -0.25) is 9.89 Å². The molecule has 5 rings (SSSR count). The Morgan fingerprint density at radius 2 is 1.96 bits per heavy atom. The van der Waals surface area contributed by atoms with E-state index in [1.807, 2.05) is 12.1 Å². The van der Waals surface area contributed by atoms with Crippen molar-refractivity contribution in [3.63, 3.8) is 0 Å². The van der Waals surface area contributed by atoms with Crippen molar-refractivity contribution in [2.45, 2.75) is 50.6 Å². The maximum atomic E-state index is 13.1. The fourth-order valence-electron chi connectivity index (χ4n) is 4.43. The first-order valence-electron chi connectivity index (χ1n) is 10.0. The third kappa shape index (κ3) is 3.33. The summed E-state index contributed by atoms with van der Waals surface area (Å²) in [6, 6.07) is 13.0. The van der Waals surface area contributed by atoms with Gasteiger partial charge in [-0.15, -0.1) is 11.3 Å². The van der Waals surface area contributed by atoms with E-state index in [0.717, 1.165) is 39.5 Å². The van der Waals surface area contributed by atoms with Crippen molar-refractivity contribution in [2.75, 3.05) is 5.32 Å². The van der Waals surface area contributed by atoms with E-state index < -0.39 is 0 Å². The minimum absolute atomic E-state index is 0.0460. The molecule has 1 aromatic carbocycles. The molecule has 2 aliphatic rings. The number of amides is 1. The van der Waals surface area contributed by atoms with E-state index in [0.29, 0.717) is 6.04 Å². The topological polar surface area (TPSA) is 69.8 Å². The van der Waals surface area contributed by atoms with Gasteiger partial charge in [0.2, 0.25) is 0 Å². The van der Waals surface area contributed by atoms with E-state index in [4.69, 9.17) is 0 Å². The molecule has 2 aromatic heterocycles. The zero-order valence-corrected chi connectivity index (χ0v) is 16.5. The number of carbonyl (C=O) groups is 1. The Morgan fingerprint density at radius 3 is 2.71 bits per heavy atom. The highest BCUT2D eigenvalue weighted by atomic mass is 32.1. The monoisotopic (exact) mass is 392 g/mol. The molecule has 6 heteroatoms. The average molecular weight is 393 g/mol. The minimum Gasteiger partial charge on any atom is -0.374 e. The number of aromatic amines is 1. The van der Waals surface area contributed by atoms with Crippen LogP contribution in [0, 0.1) is 0 Å². The molecule has 3 N–H and O–H groups in total. The maximum absolute atomic E-state index is 13.1. The van der Waals surface area contributed by atoms with Gasteiger partial charge in [0.05, 0.1) is 16.1 Å². The lowest BCUT2D eigenvalue weighted by Crippen LogP contribution is -2.42. The van der Waals surface area contributed by atoms with Crippen LogP contribution in [-0.4, -0.2) is 28.2 Å². The Labute approximate surface area is 168 Å². The van der Waals surface area contributed by atoms with E-state index in [1.54, 1.807) is 17.5 Å². The number of carbonyl (C=O) groups excluding carboxylic acids is 1. The fraction of sp³-hybridized carbons (Fsp3) is 0.364. The van der Waals surface area contributed by atoms with Gasteiger partial charge in [-0.1, -0.05) is 43.2 Å². The minimum atomic E-state index is 0.0460. The van der Waals surface area contributed by atoms with Crippen molar-refractivity contribution < 1.29 is 4.79 Å². The summed E-state index contributed by atoms with van der Waals surface area (Å²) in [5.74, 6) is 0.0460. The molecule has 1 atom stereocenters. The number of rotatable bonds is 5. The SMILES string of the molecule is O=C1NC(Cc2ccccc2)Cc2c(-c3ccn[nH]3)sc(NC3CCCC3)c21. The molecule has 0 spiro atoms. The quantitative estimate of drug-likeness (QED) is 0.603. The van der Waals surface area contributed by atoms with Crippen molar-refractivity contribution >= 4 is 22.2 Å². The predicted molar refractivity (Wildman–Crippen MR) is 113 cm³/mol. The number of thiophene rings is 1. The average Bonchev–Trinajstić information content (AvgIpc) is 3.44. The third-order valence-corrected chi connectivity index (χ3v) is 6.98. The van der Waals surface area contributed by atoms with E-state index in [1.165, 1.54) is 31.2 Å². The first kappa shape index (κ1) is 17.5. The molecule has 1 aliphatic heterocycles. The summed E-state index contributed by atoms with van der Waals surface area (Å²) in [7, 11) is 0. The summed E-state index contributed by atoms with van der Waals surface area (Å²) in [4.78, 5) is 14.2. The smallest absolute Gasteiger partial charge is 0.254 e. The second-order valence-corrected chi connectivity index (χ2v) is 8.79. The molecular formula is C22H24N4OS. The first-order valence-corrected chi connectivity index (χ1v) is 10.9. The number of H-pyrrole nitrogens is 1. The van der Waals surface area contributed by atoms with Crippen LogP contribution < -0.4 is 10.6 Å². The van der Waals surface area contributed by atoms with Gasteiger partial charge in [-0.05, 0) is 42.9 Å². The van der Waals surface area contributed by atoms with Gasteiger partial charge in [0, 0.05) is 18.3 Å². The highest BCUT2D eigenvalue weighted by Crippen LogP contribution is 2.43. The molecule has 0 saturated heterocycles. The van der Waals surface area contributed by atoms with Gasteiger partial charge >= 0.3 is 0 Å². The number of hydrogen-bond acceptors (Lipinski definition) is 4. The van der Waals surface area contributed by atoms with Crippen LogP contribution in [0.25, 0.3) is 10.6 Å². The van der Waals surface area contributed by atoms with Crippen LogP contribution in [0.2, 0.25) is 0 Å². The lowest BCUT2D eigenvalue weighted by Gasteiger charge is -2.25. The Balaban J connectivity index is 1.49. The van der Waals surface area contributed by atoms with Gasteiger partial charge in [0.25, 0.3) is 5.91 Å². The zero-order chi connectivity index (χ0) is 18.9. The summed E-state index contributed by atoms with van der Waals surface area (Å²) in [5, 5.41) is 15.1. The summed E-state index contributed by atoms with van der Waals surface area (Å²) < 4.78 is 0. The van der Waals surface area contributed by atoms with E-state index in [-0.39, 0.29) is 11.9 Å². The number of aromatic nitrogens is 2. The van der Waals surface area contributed by atoms with Crippen LogP contribution in [0.5, 0.6) is 0 Å². The molecule has 5 nitrogen and oxygen atoms in total. The molecule has 1 unspecified atom stereocenters. The highest BCUT2D eigenvalue weighted by Gasteiger charge is 2.33. The molecular weight excluding hydrogens is 368 g/mol. The Hall–Kier alpha value is -2.60. The van der Waals surface area contributed by atoms with Crippen molar-refractivity contribution in [1.29, 1.82) is 0 Å². The van der Waals surface area contributed by atoms with Crippen molar-refractivity contribution in [1.82, 2.24) is 15.5 Å².